The molecule has 0 spiro atoms. The number of para-hydroxylation sites is 1. The zero-order valence-corrected chi connectivity index (χ0v) is 34.2. The molecule has 9 N–H and O–H groups in total. The summed E-state index contributed by atoms with van der Waals surface area (Å²) >= 11 is 0. The van der Waals surface area contributed by atoms with Gasteiger partial charge in [-0.05, 0) is 73.6 Å². The molecule has 2 heterocycles. The number of hydrogen-bond donors (Lipinski definition) is 8. The summed E-state index contributed by atoms with van der Waals surface area (Å²) in [4.78, 5) is 88.3. The number of nitrogens with one attached hydrogen (secondary N) is 7. The van der Waals surface area contributed by atoms with Crippen molar-refractivity contribution in [3.8, 4) is 0 Å². The van der Waals surface area contributed by atoms with Crippen molar-refractivity contribution in [2.45, 2.75) is 123 Å². The van der Waals surface area contributed by atoms with Crippen molar-refractivity contribution >= 4 is 46.3 Å². The number of carbonyl (C=O) groups excluding carboxylic acids is 6. The van der Waals surface area contributed by atoms with Crippen molar-refractivity contribution in [2.75, 3.05) is 6.54 Å². The Morgan fingerprint density at radius 1 is 0.544 bits per heavy atom. The Bertz CT molecular complexity index is 1830. The van der Waals surface area contributed by atoms with Crippen molar-refractivity contribution < 1.29 is 28.8 Å². The van der Waals surface area contributed by atoms with Crippen molar-refractivity contribution in [2.24, 2.45) is 23.5 Å². The highest BCUT2D eigenvalue weighted by molar-refractivity contribution is 5.98. The lowest BCUT2D eigenvalue weighted by Crippen LogP contribution is -2.62. The third-order valence-electron chi connectivity index (χ3n) is 10.2. The van der Waals surface area contributed by atoms with Crippen molar-refractivity contribution in [3.63, 3.8) is 0 Å². The van der Waals surface area contributed by atoms with Gasteiger partial charge < -0.3 is 42.6 Å². The molecule has 1 aromatic heterocycles. The van der Waals surface area contributed by atoms with Crippen LogP contribution in [-0.4, -0.2) is 83.2 Å². The van der Waals surface area contributed by atoms with Gasteiger partial charge in [0.15, 0.2) is 0 Å². The lowest BCUT2D eigenvalue weighted by Gasteiger charge is -2.31. The van der Waals surface area contributed by atoms with E-state index in [1.54, 1.807) is 20.0 Å². The molecule has 1 saturated heterocycles. The first-order valence-electron chi connectivity index (χ1n) is 20.3. The minimum Gasteiger partial charge on any atom is -0.361 e. The van der Waals surface area contributed by atoms with Crippen LogP contribution in [0.3, 0.4) is 0 Å². The van der Waals surface area contributed by atoms with Gasteiger partial charge >= 0.3 is 0 Å². The zero-order valence-electron chi connectivity index (χ0n) is 34.2. The summed E-state index contributed by atoms with van der Waals surface area (Å²) in [5.41, 5.74) is 8.14. The SMILES string of the molecule is CC(C)C[C@@H]1NC(=O)[C@H](Cc2c[nH]c3ccccc23)NC(=O)[C@@H](Cc2ccccc2)NC(=O)[C@H](CCCCN)NC(=O)[C@H](C(C)C)NC(=O)[C@@H](CC(C)C)NC1=O. The van der Waals surface area contributed by atoms with Crippen molar-refractivity contribution in [1.82, 2.24) is 36.9 Å². The third kappa shape index (κ3) is 13.2. The molecule has 14 heteroatoms. The van der Waals surface area contributed by atoms with E-state index >= 15 is 0 Å². The van der Waals surface area contributed by atoms with E-state index in [1.807, 2.05) is 82.3 Å². The first-order chi connectivity index (χ1) is 27.2. The highest BCUT2D eigenvalue weighted by Crippen LogP contribution is 2.20. The van der Waals surface area contributed by atoms with Gasteiger partial charge in [-0.25, -0.2) is 0 Å². The van der Waals surface area contributed by atoms with E-state index in [-0.39, 0.29) is 49.9 Å². The van der Waals surface area contributed by atoms with Crippen LogP contribution in [0.4, 0.5) is 0 Å². The largest absolute Gasteiger partial charge is 0.361 e. The molecule has 1 fully saturated rings. The molecule has 1 aliphatic rings. The number of amides is 6. The highest BCUT2D eigenvalue weighted by Gasteiger charge is 2.36. The van der Waals surface area contributed by atoms with Crippen LogP contribution in [0.1, 0.15) is 84.8 Å². The van der Waals surface area contributed by atoms with Gasteiger partial charge in [0, 0.05) is 29.9 Å². The Morgan fingerprint density at radius 3 is 1.61 bits per heavy atom. The lowest BCUT2D eigenvalue weighted by atomic mass is 9.97. The third-order valence-corrected chi connectivity index (χ3v) is 10.2. The van der Waals surface area contributed by atoms with Gasteiger partial charge in [0.25, 0.3) is 0 Å². The van der Waals surface area contributed by atoms with Gasteiger partial charge in [-0.3, -0.25) is 28.8 Å². The molecule has 0 unspecified atom stereocenters. The van der Waals surface area contributed by atoms with Crippen LogP contribution in [0, 0.1) is 17.8 Å². The average molecular weight is 787 g/mol. The van der Waals surface area contributed by atoms with E-state index in [2.05, 4.69) is 36.9 Å². The van der Waals surface area contributed by atoms with E-state index < -0.39 is 71.7 Å². The maximum atomic E-state index is 14.4. The Morgan fingerprint density at radius 2 is 1.04 bits per heavy atom. The molecular formula is C43H62N8O6. The number of carbonyl (C=O) groups is 6. The van der Waals surface area contributed by atoms with Crippen molar-refractivity contribution in [3.05, 3.63) is 71.9 Å². The molecular weight excluding hydrogens is 725 g/mol. The molecule has 0 aliphatic carbocycles. The Balaban J connectivity index is 1.81. The Labute approximate surface area is 336 Å². The molecule has 3 aromatic rings. The van der Waals surface area contributed by atoms with Crippen LogP contribution in [0.15, 0.2) is 60.8 Å². The molecule has 14 nitrogen and oxygen atoms in total. The summed E-state index contributed by atoms with van der Waals surface area (Å²) in [7, 11) is 0. The van der Waals surface area contributed by atoms with E-state index in [0.717, 1.165) is 22.0 Å². The summed E-state index contributed by atoms with van der Waals surface area (Å²) in [6, 6.07) is 10.2. The first kappa shape index (κ1) is 44.5. The number of aromatic amines is 1. The number of nitrogens with two attached hydrogens (primary N) is 1. The van der Waals surface area contributed by atoms with Crippen LogP contribution in [-0.2, 0) is 41.6 Å². The minimum absolute atomic E-state index is 0.0152. The number of aromatic nitrogens is 1. The van der Waals surface area contributed by atoms with E-state index in [9.17, 15) is 28.8 Å². The molecule has 6 atom stereocenters. The fourth-order valence-corrected chi connectivity index (χ4v) is 7.10. The Hall–Kier alpha value is -5.24. The topological polar surface area (TPSA) is 216 Å². The van der Waals surface area contributed by atoms with E-state index in [4.69, 9.17) is 5.73 Å². The number of fused-ring (bicyclic) bond motifs is 1. The molecule has 6 amide bonds. The van der Waals surface area contributed by atoms with Gasteiger partial charge in [-0.15, -0.1) is 0 Å². The standard InChI is InChI=1S/C43H62N8O6/c1-25(2)20-33-39(53)48-34(21-26(3)4)42(56)51-37(27(5)6)43(57)46-32(18-12-13-19-44)38(52)49-35(22-28-14-8-7-9-15-28)40(54)50-36(41(55)47-33)23-29-24-45-31-17-11-10-16-30(29)31/h7-11,14-17,24-27,32-37,45H,12-13,18-23,44H2,1-6H3,(H,46,57)(H,47,55)(H,48,53)(H,49,52)(H,50,54)(H,51,56)/t32-,33-,34+,35+,36-,37-/m0/s1. The predicted molar refractivity (Wildman–Crippen MR) is 220 cm³/mol. The number of unbranched alkanes of at least 4 members (excludes halogenated alkanes) is 1. The lowest BCUT2D eigenvalue weighted by molar-refractivity contribution is -0.137. The normalized spacial score (nSPS) is 23.3. The van der Waals surface area contributed by atoms with Crippen molar-refractivity contribution in [1.29, 1.82) is 0 Å². The highest BCUT2D eigenvalue weighted by atomic mass is 16.2. The molecule has 0 bridgehead atoms. The molecule has 0 saturated carbocycles. The molecule has 1 aliphatic heterocycles. The second kappa shape index (κ2) is 21.3. The maximum absolute atomic E-state index is 14.4. The summed E-state index contributed by atoms with van der Waals surface area (Å²) < 4.78 is 0. The number of benzene rings is 2. The monoisotopic (exact) mass is 786 g/mol. The van der Waals surface area contributed by atoms with Gasteiger partial charge in [-0.2, -0.15) is 0 Å². The fraction of sp³-hybridized carbons (Fsp3) is 0.535. The van der Waals surface area contributed by atoms with Crippen LogP contribution in [0.5, 0.6) is 0 Å². The van der Waals surface area contributed by atoms with E-state index in [1.165, 1.54) is 0 Å². The summed E-state index contributed by atoms with van der Waals surface area (Å²) in [6.07, 6.45) is 3.77. The van der Waals surface area contributed by atoms with Crippen LogP contribution < -0.4 is 37.6 Å². The summed E-state index contributed by atoms with van der Waals surface area (Å²) in [5, 5.41) is 18.1. The summed E-state index contributed by atoms with van der Waals surface area (Å²) in [6.45, 7) is 11.6. The molecule has 310 valence electrons. The molecule has 2 aromatic carbocycles. The van der Waals surface area contributed by atoms with Crippen LogP contribution in [0.25, 0.3) is 10.9 Å². The van der Waals surface area contributed by atoms with Gasteiger partial charge in [0.1, 0.15) is 36.3 Å². The van der Waals surface area contributed by atoms with E-state index in [0.29, 0.717) is 19.4 Å². The maximum Gasteiger partial charge on any atom is 0.243 e. The minimum atomic E-state index is -1.17. The summed E-state index contributed by atoms with van der Waals surface area (Å²) in [5.74, 6) is -3.93. The smallest absolute Gasteiger partial charge is 0.243 e. The number of rotatable bonds is 13. The second-order valence-corrected chi connectivity index (χ2v) is 16.3. The Kier molecular flexibility index (Phi) is 16.6. The zero-order chi connectivity index (χ0) is 41.6. The van der Waals surface area contributed by atoms with Gasteiger partial charge in [0.2, 0.25) is 35.4 Å². The van der Waals surface area contributed by atoms with Gasteiger partial charge in [0.05, 0.1) is 0 Å². The average Bonchev–Trinajstić information content (AvgIpc) is 3.57. The van der Waals surface area contributed by atoms with Crippen LogP contribution in [0.2, 0.25) is 0 Å². The molecule has 0 radical (unpaired) electrons. The van der Waals surface area contributed by atoms with Crippen LogP contribution >= 0.6 is 0 Å². The van der Waals surface area contributed by atoms with Gasteiger partial charge in [-0.1, -0.05) is 90.1 Å². The molecule has 4 rings (SSSR count). The quantitative estimate of drug-likeness (QED) is 0.121. The predicted octanol–water partition coefficient (Wildman–Crippen LogP) is 2.75. The fourth-order valence-electron chi connectivity index (χ4n) is 7.10. The first-order valence-corrected chi connectivity index (χ1v) is 20.3. The number of hydrogen-bond acceptors (Lipinski definition) is 7. The number of H-pyrrole nitrogens is 1. The second-order valence-electron chi connectivity index (χ2n) is 16.3. The molecule has 57 heavy (non-hydrogen) atoms.